The van der Waals surface area contributed by atoms with Gasteiger partial charge in [-0.2, -0.15) is 4.37 Å². The second kappa shape index (κ2) is 10.8. The molecule has 10 heteroatoms. The Morgan fingerprint density at radius 1 is 1.08 bits per heavy atom. The minimum Gasteiger partial charge on any atom is -0.497 e. The lowest BCUT2D eigenvalue weighted by molar-refractivity contribution is -0.123. The largest absolute Gasteiger partial charge is 0.497 e. The molecule has 36 heavy (non-hydrogen) atoms. The zero-order valence-corrected chi connectivity index (χ0v) is 21.0. The maximum atomic E-state index is 14.0. The highest BCUT2D eigenvalue weighted by Crippen LogP contribution is 2.34. The predicted octanol–water partition coefficient (Wildman–Crippen LogP) is 3.59. The van der Waals surface area contributed by atoms with Gasteiger partial charge in [0.05, 0.1) is 12.8 Å². The lowest BCUT2D eigenvalue weighted by Gasteiger charge is -2.32. The van der Waals surface area contributed by atoms with Crippen LogP contribution < -0.4 is 26.4 Å². The molecule has 9 nitrogen and oxygen atoms in total. The number of amides is 3. The summed E-state index contributed by atoms with van der Waals surface area (Å²) < 4.78 is 9.26. The van der Waals surface area contributed by atoms with Gasteiger partial charge in [-0.05, 0) is 61.1 Å². The van der Waals surface area contributed by atoms with Crippen molar-refractivity contribution in [2.45, 2.75) is 44.7 Å². The summed E-state index contributed by atoms with van der Waals surface area (Å²) >= 11 is 0.779. The fraction of sp³-hybridized carbons (Fsp3) is 0.308. The zero-order chi connectivity index (χ0) is 25.8. The summed E-state index contributed by atoms with van der Waals surface area (Å²) in [5.74, 6) is -1.09. The van der Waals surface area contributed by atoms with Gasteiger partial charge < -0.3 is 21.5 Å². The van der Waals surface area contributed by atoms with Gasteiger partial charge in [0.25, 0.3) is 11.8 Å². The van der Waals surface area contributed by atoms with Gasteiger partial charge in [0.15, 0.2) is 5.69 Å². The van der Waals surface area contributed by atoms with Crippen LogP contribution in [0.15, 0.2) is 48.5 Å². The van der Waals surface area contributed by atoms with Crippen LogP contribution in [0, 0.1) is 6.92 Å². The summed E-state index contributed by atoms with van der Waals surface area (Å²) in [6, 6.07) is 13.3. The van der Waals surface area contributed by atoms with Crippen molar-refractivity contribution in [3.8, 4) is 5.75 Å². The fourth-order valence-electron chi connectivity index (χ4n) is 4.38. The number of primary amides is 1. The second-order valence-corrected chi connectivity index (χ2v) is 9.59. The first-order valence-corrected chi connectivity index (χ1v) is 12.5. The van der Waals surface area contributed by atoms with E-state index in [1.165, 1.54) is 4.90 Å². The number of nitrogens with one attached hydrogen (secondary N) is 1. The lowest BCUT2D eigenvalue weighted by atomic mass is 10.0. The number of aromatic nitrogens is 1. The third kappa shape index (κ3) is 5.18. The van der Waals surface area contributed by atoms with E-state index < -0.39 is 17.9 Å². The Kier molecular flexibility index (Phi) is 7.54. The van der Waals surface area contributed by atoms with E-state index in [0.717, 1.165) is 42.8 Å². The van der Waals surface area contributed by atoms with Crippen LogP contribution in [0.5, 0.6) is 5.75 Å². The first-order valence-electron chi connectivity index (χ1n) is 11.7. The summed E-state index contributed by atoms with van der Waals surface area (Å²) in [4.78, 5) is 41.0. The molecule has 0 bridgehead atoms. The first-order chi connectivity index (χ1) is 17.3. The summed E-state index contributed by atoms with van der Waals surface area (Å²) in [6.07, 6.45) is 3.89. The number of nitrogens with zero attached hydrogens (tertiary/aromatic N) is 2. The van der Waals surface area contributed by atoms with Gasteiger partial charge >= 0.3 is 0 Å². The van der Waals surface area contributed by atoms with Crippen molar-refractivity contribution in [1.82, 2.24) is 9.69 Å². The molecule has 0 aliphatic heterocycles. The maximum absolute atomic E-state index is 14.0. The van der Waals surface area contributed by atoms with E-state index in [-0.39, 0.29) is 28.2 Å². The van der Waals surface area contributed by atoms with Crippen molar-refractivity contribution < 1.29 is 19.1 Å². The number of anilines is 2. The van der Waals surface area contributed by atoms with E-state index in [1.54, 1.807) is 31.4 Å². The topological polar surface area (TPSA) is 141 Å². The number of ether oxygens (including phenoxy) is 1. The van der Waals surface area contributed by atoms with Crippen LogP contribution in [-0.4, -0.2) is 35.2 Å². The van der Waals surface area contributed by atoms with E-state index in [1.807, 2.05) is 31.2 Å². The molecule has 4 rings (SSSR count). The van der Waals surface area contributed by atoms with Gasteiger partial charge in [0.1, 0.15) is 16.7 Å². The van der Waals surface area contributed by atoms with Crippen LogP contribution in [0.2, 0.25) is 0 Å². The molecule has 2 aromatic carbocycles. The Bertz CT molecular complexity index is 1250. The molecule has 1 saturated carbocycles. The number of hydrogen-bond acceptors (Lipinski definition) is 7. The predicted molar refractivity (Wildman–Crippen MR) is 139 cm³/mol. The average Bonchev–Trinajstić information content (AvgIpc) is 3.52. The fourth-order valence-corrected chi connectivity index (χ4v) is 5.12. The van der Waals surface area contributed by atoms with Crippen molar-refractivity contribution in [1.29, 1.82) is 0 Å². The third-order valence-corrected chi connectivity index (χ3v) is 7.18. The minimum atomic E-state index is -0.995. The van der Waals surface area contributed by atoms with E-state index in [4.69, 9.17) is 16.2 Å². The third-order valence-electron chi connectivity index (χ3n) is 6.33. The minimum absolute atomic E-state index is 0.0328. The number of aryl methyl sites for hydroxylation is 1. The lowest BCUT2D eigenvalue weighted by Crippen LogP contribution is -2.46. The summed E-state index contributed by atoms with van der Waals surface area (Å²) in [5, 5.41) is 3.13. The smallest absolute Gasteiger partial charge is 0.273 e. The molecule has 1 aliphatic rings. The molecule has 3 amide bonds. The Morgan fingerprint density at radius 3 is 2.28 bits per heavy atom. The standard InChI is InChI=1S/C26H29N5O4S/c1-15-7-9-16(10-8-15)22(25(33)29-17-5-3-4-6-17)31(18-11-13-19(35-2)14-12-18)26(34)23-20(27)21(24(28)32)30-36-23/h7-14,17,22H,3-6,27H2,1-2H3,(H2,28,32)(H,29,33)/t22-/m1/s1. The summed E-state index contributed by atoms with van der Waals surface area (Å²) in [6.45, 7) is 1.95. The average molecular weight is 508 g/mol. The second-order valence-electron chi connectivity index (χ2n) is 8.81. The molecule has 1 aliphatic carbocycles. The molecule has 0 saturated heterocycles. The van der Waals surface area contributed by atoms with E-state index in [2.05, 4.69) is 9.69 Å². The number of carbonyl (C=O) groups excluding carboxylic acids is 3. The molecule has 0 spiro atoms. The Balaban J connectivity index is 1.84. The van der Waals surface area contributed by atoms with Crippen LogP contribution in [-0.2, 0) is 4.79 Å². The Labute approximate surface area is 213 Å². The number of methoxy groups -OCH3 is 1. The number of carbonyl (C=O) groups is 3. The highest BCUT2D eigenvalue weighted by atomic mass is 32.1. The van der Waals surface area contributed by atoms with Crippen molar-refractivity contribution in [2.75, 3.05) is 17.7 Å². The molecular formula is C26H29N5O4S. The van der Waals surface area contributed by atoms with E-state index in [0.29, 0.717) is 17.0 Å². The SMILES string of the molecule is COc1ccc(N(C(=O)c2snc(C(N)=O)c2N)[C@@H](C(=O)NC2CCCC2)c2ccc(C)cc2)cc1. The monoisotopic (exact) mass is 507 g/mol. The molecule has 1 fully saturated rings. The van der Waals surface area contributed by atoms with Gasteiger partial charge in [-0.3, -0.25) is 19.3 Å². The van der Waals surface area contributed by atoms with Gasteiger partial charge in [0, 0.05) is 11.7 Å². The molecule has 188 valence electrons. The number of benzene rings is 2. The molecule has 3 aromatic rings. The number of nitrogen functional groups attached to an aromatic ring is 1. The van der Waals surface area contributed by atoms with Gasteiger partial charge in [0.2, 0.25) is 5.91 Å². The molecule has 0 radical (unpaired) electrons. The number of rotatable bonds is 8. The summed E-state index contributed by atoms with van der Waals surface area (Å²) in [7, 11) is 1.55. The Hall–Kier alpha value is -3.92. The van der Waals surface area contributed by atoms with Gasteiger partial charge in [-0.25, -0.2) is 0 Å². The van der Waals surface area contributed by atoms with Crippen LogP contribution in [0.4, 0.5) is 11.4 Å². The molecular weight excluding hydrogens is 478 g/mol. The molecule has 1 atom stereocenters. The van der Waals surface area contributed by atoms with Crippen LogP contribution in [0.25, 0.3) is 0 Å². The summed E-state index contributed by atoms with van der Waals surface area (Å²) in [5.41, 5.74) is 13.3. The zero-order valence-electron chi connectivity index (χ0n) is 20.2. The van der Waals surface area contributed by atoms with Gasteiger partial charge in [-0.1, -0.05) is 42.7 Å². The maximum Gasteiger partial charge on any atom is 0.273 e. The number of hydrogen-bond donors (Lipinski definition) is 3. The van der Waals surface area contributed by atoms with Gasteiger partial charge in [-0.15, -0.1) is 0 Å². The number of nitrogens with two attached hydrogens (primary N) is 2. The van der Waals surface area contributed by atoms with Crippen LogP contribution >= 0.6 is 11.5 Å². The van der Waals surface area contributed by atoms with Crippen molar-refractivity contribution in [3.63, 3.8) is 0 Å². The Morgan fingerprint density at radius 2 is 1.72 bits per heavy atom. The van der Waals surface area contributed by atoms with Crippen molar-refractivity contribution in [2.24, 2.45) is 5.73 Å². The molecule has 1 heterocycles. The highest BCUT2D eigenvalue weighted by Gasteiger charge is 2.37. The quantitative estimate of drug-likeness (QED) is 0.426. The molecule has 5 N–H and O–H groups in total. The van der Waals surface area contributed by atoms with Crippen LogP contribution in [0.3, 0.4) is 0 Å². The van der Waals surface area contributed by atoms with E-state index in [9.17, 15) is 14.4 Å². The normalized spacial score (nSPS) is 14.3. The molecule has 0 unspecified atom stereocenters. The van der Waals surface area contributed by atoms with Crippen LogP contribution in [0.1, 0.15) is 63.0 Å². The van der Waals surface area contributed by atoms with Crippen molar-refractivity contribution in [3.05, 3.63) is 70.2 Å². The highest BCUT2D eigenvalue weighted by molar-refractivity contribution is 7.09. The first kappa shape index (κ1) is 25.2. The molecule has 1 aromatic heterocycles. The van der Waals surface area contributed by atoms with Crippen molar-refractivity contribution >= 4 is 40.6 Å². The van der Waals surface area contributed by atoms with E-state index >= 15 is 0 Å².